The van der Waals surface area contributed by atoms with Crippen LogP contribution < -0.4 is 4.72 Å². The second-order valence-corrected chi connectivity index (χ2v) is 4.49. The zero-order valence-electron chi connectivity index (χ0n) is 7.03. The molecule has 1 aromatic rings. The maximum absolute atomic E-state index is 10.8. The number of benzene rings is 1. The van der Waals surface area contributed by atoms with Crippen LogP contribution in [0.25, 0.3) is 0 Å². The van der Waals surface area contributed by atoms with E-state index < -0.39 is 10.0 Å². The molecule has 1 N–H and O–H groups in total. The molecule has 0 saturated carbocycles. The third-order valence-electron chi connectivity index (χ3n) is 1.35. The van der Waals surface area contributed by atoms with Crippen molar-refractivity contribution in [2.24, 2.45) is 0 Å². The van der Waals surface area contributed by atoms with Gasteiger partial charge in [-0.2, -0.15) is 0 Å². The summed E-state index contributed by atoms with van der Waals surface area (Å²) in [7, 11) is -3.14. The molecule has 0 aliphatic heterocycles. The first kappa shape index (κ1) is 13.0. The zero-order chi connectivity index (χ0) is 9.19. The Kier molecular flexibility index (Phi) is 4.99. The molecule has 3 nitrogen and oxygen atoms in total. The SMILES string of the molecule is Cc1ccc(NS(C)(=O)=O)cc1.[NaH]. The van der Waals surface area contributed by atoms with E-state index in [1.165, 1.54) is 0 Å². The molecule has 0 fully saturated rings. The number of anilines is 1. The van der Waals surface area contributed by atoms with Crippen LogP contribution in [-0.4, -0.2) is 44.2 Å². The van der Waals surface area contributed by atoms with Gasteiger partial charge in [-0.25, -0.2) is 8.42 Å². The molecule has 1 rings (SSSR count). The average Bonchev–Trinajstić information content (AvgIpc) is 1.91. The summed E-state index contributed by atoms with van der Waals surface area (Å²) in [5.74, 6) is 0. The summed E-state index contributed by atoms with van der Waals surface area (Å²) in [6.07, 6.45) is 1.13. The Morgan fingerprint density at radius 3 is 2.00 bits per heavy atom. The monoisotopic (exact) mass is 209 g/mol. The van der Waals surface area contributed by atoms with Crippen molar-refractivity contribution in [2.45, 2.75) is 6.92 Å². The summed E-state index contributed by atoms with van der Waals surface area (Å²) in [5.41, 5.74) is 1.71. The Bertz CT molecular complexity index is 358. The number of hydrogen-bond acceptors (Lipinski definition) is 2. The Morgan fingerprint density at radius 1 is 1.15 bits per heavy atom. The first-order valence-electron chi connectivity index (χ1n) is 3.52. The van der Waals surface area contributed by atoms with Crippen molar-refractivity contribution < 1.29 is 8.42 Å². The van der Waals surface area contributed by atoms with Crippen molar-refractivity contribution in [2.75, 3.05) is 11.0 Å². The van der Waals surface area contributed by atoms with E-state index in [1.807, 2.05) is 19.1 Å². The van der Waals surface area contributed by atoms with Gasteiger partial charge in [0.25, 0.3) is 0 Å². The van der Waals surface area contributed by atoms with E-state index in [-0.39, 0.29) is 29.6 Å². The molecular weight excluding hydrogens is 197 g/mol. The molecule has 0 unspecified atom stereocenters. The van der Waals surface area contributed by atoms with E-state index in [9.17, 15) is 8.42 Å². The molecule has 0 saturated heterocycles. The van der Waals surface area contributed by atoms with Crippen LogP contribution in [0.1, 0.15) is 5.56 Å². The minimum absolute atomic E-state index is 0. The van der Waals surface area contributed by atoms with Crippen molar-refractivity contribution in [1.82, 2.24) is 0 Å². The Balaban J connectivity index is 0.00000144. The molecule has 0 aromatic heterocycles. The summed E-state index contributed by atoms with van der Waals surface area (Å²) in [4.78, 5) is 0. The second kappa shape index (κ2) is 5.00. The summed E-state index contributed by atoms with van der Waals surface area (Å²) < 4.78 is 23.9. The van der Waals surface area contributed by atoms with Gasteiger partial charge in [0.1, 0.15) is 0 Å². The topological polar surface area (TPSA) is 46.2 Å². The fourth-order valence-corrected chi connectivity index (χ4v) is 1.40. The first-order valence-corrected chi connectivity index (χ1v) is 5.41. The van der Waals surface area contributed by atoms with Gasteiger partial charge < -0.3 is 0 Å². The van der Waals surface area contributed by atoms with Crippen molar-refractivity contribution in [3.63, 3.8) is 0 Å². The van der Waals surface area contributed by atoms with Crippen LogP contribution in [0.2, 0.25) is 0 Å². The van der Waals surface area contributed by atoms with Gasteiger partial charge in [0.05, 0.1) is 6.26 Å². The molecule has 0 amide bonds. The van der Waals surface area contributed by atoms with Gasteiger partial charge in [-0.15, -0.1) is 0 Å². The molecule has 5 heteroatoms. The molecule has 68 valence electrons. The molecule has 0 aliphatic carbocycles. The normalized spacial score (nSPS) is 10.3. The van der Waals surface area contributed by atoms with Gasteiger partial charge >= 0.3 is 29.6 Å². The predicted octanol–water partition coefficient (Wildman–Crippen LogP) is 0.718. The molecule has 0 bridgehead atoms. The fourth-order valence-electron chi connectivity index (χ4n) is 0.836. The van der Waals surface area contributed by atoms with Gasteiger partial charge in [-0.05, 0) is 19.1 Å². The van der Waals surface area contributed by atoms with Crippen molar-refractivity contribution in [3.05, 3.63) is 29.8 Å². The van der Waals surface area contributed by atoms with Crippen LogP contribution >= 0.6 is 0 Å². The summed E-state index contributed by atoms with van der Waals surface area (Å²) in [6.45, 7) is 1.95. The molecule has 1 aromatic carbocycles. The second-order valence-electron chi connectivity index (χ2n) is 2.74. The van der Waals surface area contributed by atoms with E-state index >= 15 is 0 Å². The van der Waals surface area contributed by atoms with Crippen molar-refractivity contribution in [1.29, 1.82) is 0 Å². The average molecular weight is 209 g/mol. The van der Waals surface area contributed by atoms with E-state index in [4.69, 9.17) is 0 Å². The van der Waals surface area contributed by atoms with E-state index in [0.717, 1.165) is 11.8 Å². The summed E-state index contributed by atoms with van der Waals surface area (Å²) in [6, 6.07) is 7.17. The molecule has 0 spiro atoms. The minimum atomic E-state index is -3.14. The molecular formula is C8H12NNaO2S. The van der Waals surface area contributed by atoms with E-state index in [1.54, 1.807) is 12.1 Å². The van der Waals surface area contributed by atoms with Crippen LogP contribution in [0.15, 0.2) is 24.3 Å². The maximum atomic E-state index is 10.8. The zero-order valence-corrected chi connectivity index (χ0v) is 7.85. The quantitative estimate of drug-likeness (QED) is 0.729. The van der Waals surface area contributed by atoms with Crippen LogP contribution in [-0.2, 0) is 10.0 Å². The van der Waals surface area contributed by atoms with Crippen molar-refractivity contribution >= 4 is 45.3 Å². The predicted molar refractivity (Wildman–Crippen MR) is 56.8 cm³/mol. The van der Waals surface area contributed by atoms with Crippen LogP contribution in [0.4, 0.5) is 5.69 Å². The summed E-state index contributed by atoms with van der Waals surface area (Å²) >= 11 is 0. The standard InChI is InChI=1S/C8H11NO2S.Na.H/c1-7-3-5-8(6-4-7)9-12(2,10)11;;/h3-6,9H,1-2H3;;. The van der Waals surface area contributed by atoms with Crippen molar-refractivity contribution in [3.8, 4) is 0 Å². The third-order valence-corrected chi connectivity index (χ3v) is 1.96. The molecule has 0 aliphatic rings. The van der Waals surface area contributed by atoms with Gasteiger partial charge in [0, 0.05) is 5.69 Å². The van der Waals surface area contributed by atoms with Gasteiger partial charge in [0.2, 0.25) is 10.0 Å². The van der Waals surface area contributed by atoms with E-state index in [2.05, 4.69) is 4.72 Å². The van der Waals surface area contributed by atoms with Crippen LogP contribution in [0.5, 0.6) is 0 Å². The number of hydrogen-bond donors (Lipinski definition) is 1. The first-order chi connectivity index (χ1) is 5.47. The number of sulfonamides is 1. The van der Waals surface area contributed by atoms with Gasteiger partial charge in [0.15, 0.2) is 0 Å². The molecule has 0 radical (unpaired) electrons. The van der Waals surface area contributed by atoms with E-state index in [0.29, 0.717) is 5.69 Å². The Labute approximate surface area is 101 Å². The van der Waals surface area contributed by atoms with Gasteiger partial charge in [-0.3, -0.25) is 4.72 Å². The number of rotatable bonds is 2. The fraction of sp³-hybridized carbons (Fsp3) is 0.250. The van der Waals surface area contributed by atoms with Gasteiger partial charge in [-0.1, -0.05) is 17.7 Å². The third kappa shape index (κ3) is 5.31. The van der Waals surface area contributed by atoms with Crippen LogP contribution in [0.3, 0.4) is 0 Å². The Morgan fingerprint density at radius 2 is 1.62 bits per heavy atom. The van der Waals surface area contributed by atoms with Crippen LogP contribution in [0, 0.1) is 6.92 Å². The molecule has 13 heavy (non-hydrogen) atoms. The Hall–Kier alpha value is -0.0300. The molecule has 0 atom stereocenters. The number of nitrogens with one attached hydrogen (secondary N) is 1. The number of aryl methyl sites for hydroxylation is 1. The summed E-state index contributed by atoms with van der Waals surface area (Å²) in [5, 5.41) is 0. The molecule has 0 heterocycles.